The van der Waals surface area contributed by atoms with Crippen LogP contribution in [0.15, 0.2) is 24.3 Å². The monoisotopic (exact) mass is 568 g/mol. The van der Waals surface area contributed by atoms with Gasteiger partial charge in [0.15, 0.2) is 0 Å². The van der Waals surface area contributed by atoms with E-state index in [-0.39, 0.29) is 30.3 Å². The summed E-state index contributed by atoms with van der Waals surface area (Å²) in [5.74, 6) is 1.76. The number of rotatable bonds is 19. The van der Waals surface area contributed by atoms with E-state index >= 15 is 0 Å². The molecule has 14 heteroatoms. The van der Waals surface area contributed by atoms with E-state index in [0.29, 0.717) is 47.2 Å². The Hall–Kier alpha value is -0.480. The van der Waals surface area contributed by atoms with E-state index in [1.807, 2.05) is 0 Å². The van der Waals surface area contributed by atoms with Gasteiger partial charge in [-0.15, -0.1) is 0 Å². The Kier molecular flexibility index (Phi) is 18.3. The third-order valence-electron chi connectivity index (χ3n) is 3.83. The predicted molar refractivity (Wildman–Crippen MR) is 149 cm³/mol. The van der Waals surface area contributed by atoms with Crippen molar-refractivity contribution >= 4 is 93.2 Å². The minimum absolute atomic E-state index is 0.109. The number of aldehydes is 2. The first kappa shape index (κ1) is 30.6. The van der Waals surface area contributed by atoms with Gasteiger partial charge in [0.2, 0.25) is 5.91 Å². The summed E-state index contributed by atoms with van der Waals surface area (Å²) in [7, 11) is 5.67. The van der Waals surface area contributed by atoms with Crippen LogP contribution >= 0.6 is 68.8 Å². The van der Waals surface area contributed by atoms with Crippen molar-refractivity contribution in [1.29, 1.82) is 0 Å². The second-order valence-corrected chi connectivity index (χ2v) is 11.6. The van der Waals surface area contributed by atoms with E-state index < -0.39 is 0 Å². The van der Waals surface area contributed by atoms with Gasteiger partial charge in [0.25, 0.3) is 5.91 Å². The second kappa shape index (κ2) is 19.8. The molecule has 1 aromatic rings. The van der Waals surface area contributed by atoms with E-state index in [9.17, 15) is 19.2 Å². The molecule has 2 amide bonds. The molecule has 0 aromatic heterocycles. The zero-order chi connectivity index (χ0) is 24.3. The number of carbonyl (C=O) groups excluding carboxylic acids is 4. The van der Waals surface area contributed by atoms with Gasteiger partial charge in [-0.1, -0.05) is 39.8 Å². The first-order valence-electron chi connectivity index (χ1n) is 9.88. The maximum Gasteiger partial charge on any atom is 0.251 e. The maximum absolute atomic E-state index is 12.5. The Balaban J connectivity index is 2.32. The van der Waals surface area contributed by atoms with Gasteiger partial charge in [0.1, 0.15) is 12.6 Å². The molecule has 0 spiro atoms. The maximum atomic E-state index is 12.5. The summed E-state index contributed by atoms with van der Waals surface area (Å²) in [6, 6.07) is 6.42. The summed E-state index contributed by atoms with van der Waals surface area (Å²) in [6.07, 6.45) is 1.72. The lowest BCUT2D eigenvalue weighted by atomic mass is 10.0. The van der Waals surface area contributed by atoms with Crippen LogP contribution in [0.3, 0.4) is 0 Å². The van der Waals surface area contributed by atoms with Crippen LogP contribution in [0, 0.1) is 0 Å². The highest BCUT2D eigenvalue weighted by Gasteiger charge is 2.13. The fraction of sp³-hybridized carbons (Fsp3) is 0.474. The summed E-state index contributed by atoms with van der Waals surface area (Å²) in [4.78, 5) is 46.2. The third kappa shape index (κ3) is 13.9. The number of hydrogen-bond acceptors (Lipinski definition) is 12. The molecule has 0 aliphatic carbocycles. The molecule has 0 fully saturated rings. The number of amides is 2. The molecular formula is C19H28N4O4S6. The molecule has 1 rings (SSSR count). The van der Waals surface area contributed by atoms with Crippen molar-refractivity contribution in [3.63, 3.8) is 0 Å². The number of thiol groups is 2. The average molecular weight is 569 g/mol. The zero-order valence-corrected chi connectivity index (χ0v) is 22.8. The highest BCUT2D eigenvalue weighted by molar-refractivity contribution is 8.76. The van der Waals surface area contributed by atoms with Crippen LogP contribution in [0.5, 0.6) is 0 Å². The highest BCUT2D eigenvalue weighted by atomic mass is 33.1. The lowest BCUT2D eigenvalue weighted by molar-refractivity contribution is -0.120. The summed E-state index contributed by atoms with van der Waals surface area (Å²) >= 11 is 8.13. The first-order chi connectivity index (χ1) is 16.0. The largest absolute Gasteiger partial charge is 0.355 e. The SMILES string of the molecule is O=C[C@H](CS)NSSCCNC(=O)Cc1ccccc1C(=O)NCCSSN[C@H](C=O)CS. The minimum Gasteiger partial charge on any atom is -0.355 e. The van der Waals surface area contributed by atoms with Gasteiger partial charge in [-0.25, -0.2) is 9.44 Å². The van der Waals surface area contributed by atoms with E-state index in [4.69, 9.17) is 0 Å². The molecular weight excluding hydrogens is 541 g/mol. The average Bonchev–Trinajstić information content (AvgIpc) is 2.83. The van der Waals surface area contributed by atoms with Crippen LogP contribution in [-0.4, -0.2) is 72.6 Å². The molecule has 184 valence electrons. The number of benzene rings is 1. The van der Waals surface area contributed by atoms with Gasteiger partial charge in [0, 0.05) is 41.7 Å². The summed E-state index contributed by atoms with van der Waals surface area (Å²) < 4.78 is 5.92. The molecule has 0 radical (unpaired) electrons. The number of nitrogens with one attached hydrogen (secondary N) is 4. The molecule has 2 atom stereocenters. The van der Waals surface area contributed by atoms with Crippen molar-refractivity contribution in [2.75, 3.05) is 36.1 Å². The number of hydrogen-bond donors (Lipinski definition) is 6. The molecule has 4 N–H and O–H groups in total. The van der Waals surface area contributed by atoms with E-state index in [1.165, 1.54) is 43.5 Å². The molecule has 1 aromatic carbocycles. The normalized spacial score (nSPS) is 12.5. The lowest BCUT2D eigenvalue weighted by Crippen LogP contribution is -2.30. The van der Waals surface area contributed by atoms with Crippen molar-refractivity contribution < 1.29 is 19.2 Å². The van der Waals surface area contributed by atoms with E-state index in [0.717, 1.165) is 12.6 Å². The van der Waals surface area contributed by atoms with Crippen LogP contribution in [0.4, 0.5) is 0 Å². The van der Waals surface area contributed by atoms with Gasteiger partial charge < -0.3 is 20.2 Å². The van der Waals surface area contributed by atoms with E-state index in [2.05, 4.69) is 45.3 Å². The fourth-order valence-corrected chi connectivity index (χ4v) is 6.11. The molecule has 0 unspecified atom stereocenters. The van der Waals surface area contributed by atoms with Gasteiger partial charge in [-0.05, 0) is 33.6 Å². The Bertz CT molecular complexity index is 746. The van der Waals surface area contributed by atoms with Crippen molar-refractivity contribution in [1.82, 2.24) is 20.1 Å². The number of carbonyl (C=O) groups is 4. The Morgan fingerprint density at radius 1 is 0.879 bits per heavy atom. The van der Waals surface area contributed by atoms with Gasteiger partial charge in [-0.3, -0.25) is 9.59 Å². The topological polar surface area (TPSA) is 116 Å². The van der Waals surface area contributed by atoms with Crippen LogP contribution in [0.25, 0.3) is 0 Å². The van der Waals surface area contributed by atoms with Crippen LogP contribution in [0.1, 0.15) is 15.9 Å². The van der Waals surface area contributed by atoms with Gasteiger partial charge in [0.05, 0.1) is 18.5 Å². The van der Waals surface area contributed by atoms with Crippen molar-refractivity contribution in [2.24, 2.45) is 0 Å². The molecule has 0 bridgehead atoms. The van der Waals surface area contributed by atoms with Crippen molar-refractivity contribution in [3.8, 4) is 0 Å². The van der Waals surface area contributed by atoms with Crippen LogP contribution in [-0.2, 0) is 20.8 Å². The molecule has 0 aliphatic rings. The zero-order valence-electron chi connectivity index (χ0n) is 17.7. The third-order valence-corrected chi connectivity index (χ3v) is 8.68. The fourth-order valence-electron chi connectivity index (χ4n) is 2.16. The summed E-state index contributed by atoms with van der Waals surface area (Å²) in [5, 5.41) is 5.69. The highest BCUT2D eigenvalue weighted by Crippen LogP contribution is 2.18. The minimum atomic E-state index is -0.305. The molecule has 0 saturated carbocycles. The van der Waals surface area contributed by atoms with Gasteiger partial charge >= 0.3 is 0 Å². The predicted octanol–water partition coefficient (Wildman–Crippen LogP) is 1.84. The molecule has 0 aliphatic heterocycles. The van der Waals surface area contributed by atoms with E-state index in [1.54, 1.807) is 24.3 Å². The standard InChI is InChI=1S/C19H28N4O4S6/c24-10-15(12-28)22-32-30-7-5-20-18(26)9-14-3-1-2-4-17(14)19(27)21-6-8-31-33-23-16(11-25)13-29/h1-4,10-11,15-16,22-23,28-29H,5-9,12-13H2,(H,20,26)(H,21,27)/t15-,16-/m1/s1. The Morgan fingerprint density at radius 2 is 1.42 bits per heavy atom. The van der Waals surface area contributed by atoms with Crippen LogP contribution in [0.2, 0.25) is 0 Å². The van der Waals surface area contributed by atoms with Crippen molar-refractivity contribution in [2.45, 2.75) is 18.5 Å². The Morgan fingerprint density at radius 3 is 1.97 bits per heavy atom. The van der Waals surface area contributed by atoms with Crippen LogP contribution < -0.4 is 20.1 Å². The smallest absolute Gasteiger partial charge is 0.251 e. The molecule has 8 nitrogen and oxygen atoms in total. The second-order valence-electron chi connectivity index (χ2n) is 6.34. The molecule has 0 heterocycles. The Labute approximate surface area is 221 Å². The quantitative estimate of drug-likeness (QED) is 0.0486. The molecule has 0 saturated heterocycles. The molecule has 33 heavy (non-hydrogen) atoms. The van der Waals surface area contributed by atoms with Crippen molar-refractivity contribution in [3.05, 3.63) is 35.4 Å². The summed E-state index contributed by atoms with van der Waals surface area (Å²) in [6.45, 7) is 0.923. The summed E-state index contributed by atoms with van der Waals surface area (Å²) in [5.41, 5.74) is 1.13. The lowest BCUT2D eigenvalue weighted by Gasteiger charge is -2.11. The van der Waals surface area contributed by atoms with Gasteiger partial charge in [-0.2, -0.15) is 25.3 Å². The first-order valence-corrected chi connectivity index (χ1v) is 15.8.